The predicted molar refractivity (Wildman–Crippen MR) is 79.2 cm³/mol. The number of oxazole rings is 1. The molecule has 1 saturated heterocycles. The first-order valence-corrected chi connectivity index (χ1v) is 7.37. The monoisotopic (exact) mass is 309 g/mol. The van der Waals surface area contributed by atoms with Gasteiger partial charge in [0.15, 0.2) is 5.89 Å². The van der Waals surface area contributed by atoms with Crippen molar-refractivity contribution < 1.29 is 18.7 Å². The molecule has 1 N–H and O–H groups in total. The van der Waals surface area contributed by atoms with Crippen molar-refractivity contribution in [1.82, 2.24) is 15.2 Å². The lowest BCUT2D eigenvalue weighted by atomic mass is 10.0. The zero-order valence-electron chi connectivity index (χ0n) is 13.7. The summed E-state index contributed by atoms with van der Waals surface area (Å²) in [6.07, 6.45) is 0.185. The first kappa shape index (κ1) is 16.3. The highest BCUT2D eigenvalue weighted by Gasteiger charge is 2.39. The molecule has 1 aromatic rings. The number of hydrogen-bond acceptors (Lipinski definition) is 5. The van der Waals surface area contributed by atoms with Gasteiger partial charge in [-0.15, -0.1) is 0 Å². The summed E-state index contributed by atoms with van der Waals surface area (Å²) in [5, 5.41) is 2.78. The lowest BCUT2D eigenvalue weighted by molar-refractivity contribution is -0.130. The topological polar surface area (TPSA) is 84.7 Å². The zero-order valence-corrected chi connectivity index (χ0v) is 13.7. The molecule has 0 bridgehead atoms. The van der Waals surface area contributed by atoms with Crippen LogP contribution < -0.4 is 5.32 Å². The molecular formula is C15H23N3O4. The number of aromatic nitrogens is 1. The molecule has 0 aliphatic carbocycles. The number of amides is 2. The van der Waals surface area contributed by atoms with Crippen molar-refractivity contribution in [2.75, 3.05) is 6.54 Å². The smallest absolute Gasteiger partial charge is 0.410 e. The molecular weight excluding hydrogens is 286 g/mol. The predicted octanol–water partition coefficient (Wildman–Crippen LogP) is 1.92. The van der Waals surface area contributed by atoms with Gasteiger partial charge in [-0.25, -0.2) is 9.78 Å². The van der Waals surface area contributed by atoms with Crippen molar-refractivity contribution >= 4 is 12.0 Å². The van der Waals surface area contributed by atoms with Gasteiger partial charge in [-0.05, 0) is 34.1 Å². The average Bonchev–Trinajstić information content (AvgIpc) is 2.61. The molecule has 22 heavy (non-hydrogen) atoms. The van der Waals surface area contributed by atoms with Gasteiger partial charge in [-0.3, -0.25) is 9.69 Å². The third-order valence-electron chi connectivity index (χ3n) is 3.37. The second kappa shape index (κ2) is 5.98. The molecule has 1 fully saturated rings. The van der Waals surface area contributed by atoms with Crippen molar-refractivity contribution in [2.24, 2.45) is 0 Å². The number of likely N-dealkylation sites (tertiary alicyclic amines) is 1. The van der Waals surface area contributed by atoms with Gasteiger partial charge in [0, 0.05) is 13.5 Å². The van der Waals surface area contributed by atoms with Crippen molar-refractivity contribution in [1.29, 1.82) is 0 Å². The van der Waals surface area contributed by atoms with Crippen LogP contribution in [0.3, 0.4) is 0 Å². The molecule has 2 heterocycles. The van der Waals surface area contributed by atoms with Gasteiger partial charge in [-0.2, -0.15) is 0 Å². The Morgan fingerprint density at radius 3 is 2.55 bits per heavy atom. The van der Waals surface area contributed by atoms with Gasteiger partial charge in [0.2, 0.25) is 5.91 Å². The van der Waals surface area contributed by atoms with Crippen LogP contribution in [0.4, 0.5) is 4.79 Å². The number of nitrogens with one attached hydrogen (secondary N) is 1. The normalized spacial score (nSPS) is 17.9. The highest BCUT2D eigenvalue weighted by Crippen LogP contribution is 2.21. The molecule has 7 heteroatoms. The molecule has 0 spiro atoms. The van der Waals surface area contributed by atoms with E-state index in [4.69, 9.17) is 9.15 Å². The maximum Gasteiger partial charge on any atom is 0.410 e. The van der Waals surface area contributed by atoms with Crippen LogP contribution in [0.15, 0.2) is 4.42 Å². The van der Waals surface area contributed by atoms with E-state index in [0.717, 1.165) is 5.69 Å². The van der Waals surface area contributed by atoms with E-state index in [1.165, 1.54) is 4.90 Å². The number of hydrogen-bond donors (Lipinski definition) is 1. The third kappa shape index (κ3) is 3.78. The van der Waals surface area contributed by atoms with Gasteiger partial charge < -0.3 is 14.5 Å². The van der Waals surface area contributed by atoms with E-state index in [1.807, 2.05) is 6.92 Å². The highest BCUT2D eigenvalue weighted by atomic mass is 16.6. The summed E-state index contributed by atoms with van der Waals surface area (Å²) in [7, 11) is 0. The van der Waals surface area contributed by atoms with Crippen LogP contribution in [0.25, 0.3) is 0 Å². The van der Waals surface area contributed by atoms with Crippen molar-refractivity contribution in [3.8, 4) is 0 Å². The second-order valence-corrected chi connectivity index (χ2v) is 6.44. The van der Waals surface area contributed by atoms with Crippen LogP contribution >= 0.6 is 0 Å². The SMILES string of the molecule is Cc1nc(C)c(CNC(=O)[C@H]2CCN2C(=O)OC(C)(C)C)o1. The second-order valence-electron chi connectivity index (χ2n) is 6.44. The van der Waals surface area contributed by atoms with E-state index < -0.39 is 17.7 Å². The summed E-state index contributed by atoms with van der Waals surface area (Å²) in [6, 6.07) is -0.473. The molecule has 1 aliphatic rings. The Bertz CT molecular complexity index is 574. The number of rotatable bonds is 3. The fourth-order valence-corrected chi connectivity index (χ4v) is 2.22. The highest BCUT2D eigenvalue weighted by molar-refractivity contribution is 5.87. The molecule has 0 saturated carbocycles. The molecule has 1 aromatic heterocycles. The minimum Gasteiger partial charge on any atom is -0.444 e. The van der Waals surface area contributed by atoms with Crippen LogP contribution in [-0.4, -0.2) is 40.1 Å². The first-order valence-electron chi connectivity index (χ1n) is 7.37. The van der Waals surface area contributed by atoms with E-state index >= 15 is 0 Å². The maximum atomic E-state index is 12.2. The van der Waals surface area contributed by atoms with Gasteiger partial charge in [0.1, 0.15) is 17.4 Å². The lowest BCUT2D eigenvalue weighted by Crippen LogP contribution is -2.59. The number of nitrogens with zero attached hydrogens (tertiary/aromatic N) is 2. The van der Waals surface area contributed by atoms with Gasteiger partial charge in [0.25, 0.3) is 0 Å². The average molecular weight is 309 g/mol. The summed E-state index contributed by atoms with van der Waals surface area (Å²) >= 11 is 0. The minimum absolute atomic E-state index is 0.203. The molecule has 122 valence electrons. The number of ether oxygens (including phenoxy) is 1. The summed E-state index contributed by atoms with van der Waals surface area (Å²) in [6.45, 7) is 9.79. The number of aryl methyl sites for hydroxylation is 2. The minimum atomic E-state index is -0.567. The summed E-state index contributed by atoms with van der Waals surface area (Å²) in [4.78, 5) is 29.7. The summed E-state index contributed by atoms with van der Waals surface area (Å²) in [5.41, 5.74) is 0.192. The third-order valence-corrected chi connectivity index (χ3v) is 3.37. The van der Waals surface area contributed by atoms with Crippen LogP contribution in [0, 0.1) is 13.8 Å². The van der Waals surface area contributed by atoms with Gasteiger partial charge in [-0.1, -0.05) is 0 Å². The van der Waals surface area contributed by atoms with Gasteiger partial charge in [0.05, 0.1) is 12.2 Å². The van der Waals surface area contributed by atoms with Crippen molar-refractivity contribution in [3.63, 3.8) is 0 Å². The Morgan fingerprint density at radius 2 is 2.09 bits per heavy atom. The quantitative estimate of drug-likeness (QED) is 0.922. The summed E-state index contributed by atoms with van der Waals surface area (Å²) in [5.74, 6) is 1.00. The molecule has 0 radical (unpaired) electrons. The maximum absolute atomic E-state index is 12.2. The Morgan fingerprint density at radius 1 is 1.41 bits per heavy atom. The van der Waals surface area contributed by atoms with Gasteiger partial charge >= 0.3 is 6.09 Å². The number of carbonyl (C=O) groups excluding carboxylic acids is 2. The fourth-order valence-electron chi connectivity index (χ4n) is 2.22. The van der Waals surface area contributed by atoms with Crippen LogP contribution in [-0.2, 0) is 16.1 Å². The van der Waals surface area contributed by atoms with Crippen LogP contribution in [0.2, 0.25) is 0 Å². The molecule has 1 atom stereocenters. The fraction of sp³-hybridized carbons (Fsp3) is 0.667. The van der Waals surface area contributed by atoms with Crippen LogP contribution in [0.5, 0.6) is 0 Å². The Labute approximate surface area is 130 Å². The van der Waals surface area contributed by atoms with Crippen LogP contribution in [0.1, 0.15) is 44.5 Å². The summed E-state index contributed by atoms with van der Waals surface area (Å²) < 4.78 is 10.7. The van der Waals surface area contributed by atoms with E-state index in [2.05, 4.69) is 10.3 Å². The Kier molecular flexibility index (Phi) is 4.44. The van der Waals surface area contributed by atoms with Crippen molar-refractivity contribution in [2.45, 2.75) is 59.2 Å². The van der Waals surface area contributed by atoms with E-state index in [9.17, 15) is 9.59 Å². The molecule has 2 amide bonds. The molecule has 2 rings (SSSR count). The van der Waals surface area contributed by atoms with E-state index in [1.54, 1.807) is 27.7 Å². The van der Waals surface area contributed by atoms with Crippen molar-refractivity contribution in [3.05, 3.63) is 17.3 Å². The largest absolute Gasteiger partial charge is 0.444 e. The Balaban J connectivity index is 1.88. The molecule has 7 nitrogen and oxygen atoms in total. The molecule has 0 aromatic carbocycles. The standard InChI is InChI=1S/C15H23N3O4/c1-9-12(21-10(2)17-9)8-16-13(19)11-6-7-18(11)14(20)22-15(3,4)5/h11H,6-8H2,1-5H3,(H,16,19)/t11-/m1/s1. The Hall–Kier alpha value is -2.05. The lowest BCUT2D eigenvalue weighted by Gasteiger charge is -2.40. The zero-order chi connectivity index (χ0) is 16.5. The van der Waals surface area contributed by atoms with E-state index in [0.29, 0.717) is 24.6 Å². The first-order chi connectivity index (χ1) is 10.2. The molecule has 0 unspecified atom stereocenters. The number of carbonyl (C=O) groups is 2. The van der Waals surface area contributed by atoms with E-state index in [-0.39, 0.29) is 12.5 Å². The molecule has 1 aliphatic heterocycles.